The molecule has 140 valence electrons. The minimum atomic E-state index is -0.612. The van der Waals surface area contributed by atoms with Crippen LogP contribution in [0.1, 0.15) is 5.56 Å². The summed E-state index contributed by atoms with van der Waals surface area (Å²) in [5.74, 6) is 0. The maximum Gasteiger partial charge on any atom is 0.413 e. The second-order valence-corrected chi connectivity index (χ2v) is 7.63. The molecule has 0 aliphatic carbocycles. The van der Waals surface area contributed by atoms with Crippen molar-refractivity contribution in [2.24, 2.45) is 0 Å². The van der Waals surface area contributed by atoms with Gasteiger partial charge in [-0.2, -0.15) is 0 Å². The maximum absolute atomic E-state index is 12.3. The van der Waals surface area contributed by atoms with Crippen molar-refractivity contribution in [2.45, 2.75) is 6.61 Å². The van der Waals surface area contributed by atoms with Crippen molar-refractivity contribution < 1.29 is 13.9 Å². The standard InChI is InChI=1S/C20H13BrN2O4S/c21-14-6-7-17-13(8-14)9-15(18(24)27-17)16-11-28-19(22-16)23-20(25)26-10-12-4-2-1-3-5-12/h1-9,11H,10H2,(H,22,23,25). The molecular weight excluding hydrogens is 444 g/mol. The molecular formula is C20H13BrN2O4S. The number of amides is 1. The Kier molecular flexibility index (Phi) is 5.23. The molecule has 1 N–H and O–H groups in total. The summed E-state index contributed by atoms with van der Waals surface area (Å²) in [5.41, 5.74) is 1.65. The van der Waals surface area contributed by atoms with Gasteiger partial charge in [-0.15, -0.1) is 11.3 Å². The van der Waals surface area contributed by atoms with Crippen LogP contribution in [-0.4, -0.2) is 11.1 Å². The summed E-state index contributed by atoms with van der Waals surface area (Å²) >= 11 is 4.60. The molecule has 8 heteroatoms. The number of anilines is 1. The van der Waals surface area contributed by atoms with E-state index in [1.165, 1.54) is 11.3 Å². The van der Waals surface area contributed by atoms with E-state index >= 15 is 0 Å². The molecule has 28 heavy (non-hydrogen) atoms. The van der Waals surface area contributed by atoms with Crippen molar-refractivity contribution in [3.63, 3.8) is 0 Å². The average molecular weight is 457 g/mol. The van der Waals surface area contributed by atoms with E-state index < -0.39 is 11.7 Å². The van der Waals surface area contributed by atoms with E-state index in [1.807, 2.05) is 36.4 Å². The van der Waals surface area contributed by atoms with Crippen LogP contribution in [0, 0.1) is 0 Å². The lowest BCUT2D eigenvalue weighted by Crippen LogP contribution is -2.13. The Bertz CT molecular complexity index is 1200. The third kappa shape index (κ3) is 4.13. The quantitative estimate of drug-likeness (QED) is 0.414. The zero-order valence-electron chi connectivity index (χ0n) is 14.3. The molecule has 0 aliphatic heterocycles. The SMILES string of the molecule is O=C(Nc1nc(-c2cc3cc(Br)ccc3oc2=O)cs1)OCc1ccccc1. The molecule has 4 aromatic rings. The van der Waals surface area contributed by atoms with Crippen LogP contribution in [0.4, 0.5) is 9.93 Å². The van der Waals surface area contributed by atoms with Gasteiger partial charge in [-0.05, 0) is 29.8 Å². The number of fused-ring (bicyclic) bond motifs is 1. The molecule has 1 amide bonds. The summed E-state index contributed by atoms with van der Waals surface area (Å²) in [7, 11) is 0. The first kappa shape index (κ1) is 18.4. The summed E-state index contributed by atoms with van der Waals surface area (Å²) in [5, 5.41) is 5.36. The normalized spacial score (nSPS) is 10.8. The smallest absolute Gasteiger partial charge is 0.413 e. The molecule has 2 heterocycles. The number of rotatable bonds is 4. The van der Waals surface area contributed by atoms with Crippen LogP contribution < -0.4 is 10.9 Å². The number of halogens is 1. The topological polar surface area (TPSA) is 81.4 Å². The molecule has 0 saturated carbocycles. The molecule has 0 atom stereocenters. The molecule has 2 aromatic carbocycles. The first-order valence-corrected chi connectivity index (χ1v) is 9.93. The molecule has 0 bridgehead atoms. The number of aromatic nitrogens is 1. The number of nitrogens with zero attached hydrogens (tertiary/aromatic N) is 1. The van der Waals surface area contributed by atoms with Crippen molar-refractivity contribution in [3.8, 4) is 11.3 Å². The van der Waals surface area contributed by atoms with Gasteiger partial charge < -0.3 is 9.15 Å². The van der Waals surface area contributed by atoms with Crippen molar-refractivity contribution in [2.75, 3.05) is 5.32 Å². The summed E-state index contributed by atoms with van der Waals surface area (Å²) in [6.07, 6.45) is -0.612. The Hall–Kier alpha value is -2.97. The highest BCUT2D eigenvalue weighted by Gasteiger charge is 2.13. The summed E-state index contributed by atoms with van der Waals surface area (Å²) in [4.78, 5) is 28.5. The maximum atomic E-state index is 12.3. The third-order valence-electron chi connectivity index (χ3n) is 3.90. The van der Waals surface area contributed by atoms with Gasteiger partial charge in [-0.1, -0.05) is 46.3 Å². The number of hydrogen-bond donors (Lipinski definition) is 1. The van der Waals surface area contributed by atoms with E-state index in [9.17, 15) is 9.59 Å². The fraction of sp³-hybridized carbons (Fsp3) is 0.0500. The van der Waals surface area contributed by atoms with Gasteiger partial charge in [0.15, 0.2) is 5.13 Å². The van der Waals surface area contributed by atoms with Gasteiger partial charge in [0, 0.05) is 15.2 Å². The zero-order chi connectivity index (χ0) is 19.5. The Morgan fingerprint density at radius 1 is 1.18 bits per heavy atom. The van der Waals surface area contributed by atoms with E-state index in [0.29, 0.717) is 22.0 Å². The monoisotopic (exact) mass is 456 g/mol. The van der Waals surface area contributed by atoms with E-state index in [1.54, 1.807) is 23.6 Å². The summed E-state index contributed by atoms with van der Waals surface area (Å²) in [6, 6.07) is 16.5. The largest absolute Gasteiger partial charge is 0.444 e. The predicted molar refractivity (Wildman–Crippen MR) is 112 cm³/mol. The molecule has 0 fully saturated rings. The molecule has 0 saturated heterocycles. The lowest BCUT2D eigenvalue weighted by Gasteiger charge is -2.04. The van der Waals surface area contributed by atoms with Crippen LogP contribution in [0.2, 0.25) is 0 Å². The van der Waals surface area contributed by atoms with Gasteiger partial charge >= 0.3 is 11.7 Å². The van der Waals surface area contributed by atoms with Gasteiger partial charge in [-0.3, -0.25) is 5.32 Å². The lowest BCUT2D eigenvalue weighted by atomic mass is 10.1. The number of hydrogen-bond acceptors (Lipinski definition) is 6. The minimum absolute atomic E-state index is 0.161. The van der Waals surface area contributed by atoms with Gasteiger partial charge in [-0.25, -0.2) is 14.6 Å². The highest BCUT2D eigenvalue weighted by atomic mass is 79.9. The fourth-order valence-electron chi connectivity index (χ4n) is 2.57. The highest BCUT2D eigenvalue weighted by Crippen LogP contribution is 2.26. The Labute approximate surface area is 171 Å². The van der Waals surface area contributed by atoms with Gasteiger partial charge in [0.25, 0.3) is 0 Å². The Morgan fingerprint density at radius 2 is 2.00 bits per heavy atom. The predicted octanol–water partition coefficient (Wildman–Crippen LogP) is 5.43. The lowest BCUT2D eigenvalue weighted by molar-refractivity contribution is 0.155. The average Bonchev–Trinajstić information content (AvgIpc) is 3.15. The van der Waals surface area contributed by atoms with Crippen LogP contribution in [-0.2, 0) is 11.3 Å². The first-order valence-electron chi connectivity index (χ1n) is 8.25. The van der Waals surface area contributed by atoms with E-state index in [4.69, 9.17) is 9.15 Å². The van der Waals surface area contributed by atoms with Crippen LogP contribution >= 0.6 is 27.3 Å². The molecule has 4 rings (SSSR count). The minimum Gasteiger partial charge on any atom is -0.444 e. The molecule has 0 radical (unpaired) electrons. The molecule has 0 spiro atoms. The van der Waals surface area contributed by atoms with Crippen LogP contribution in [0.5, 0.6) is 0 Å². The van der Waals surface area contributed by atoms with Crippen molar-refractivity contribution in [1.82, 2.24) is 4.98 Å². The third-order valence-corrected chi connectivity index (χ3v) is 5.15. The Morgan fingerprint density at radius 3 is 2.82 bits per heavy atom. The van der Waals surface area contributed by atoms with Gasteiger partial charge in [0.2, 0.25) is 0 Å². The first-order chi connectivity index (χ1) is 13.6. The van der Waals surface area contributed by atoms with Gasteiger partial charge in [0.05, 0.1) is 11.3 Å². The number of carbonyl (C=O) groups excluding carboxylic acids is 1. The van der Waals surface area contributed by atoms with Crippen LogP contribution in [0.25, 0.3) is 22.2 Å². The molecule has 2 aromatic heterocycles. The molecule has 0 aliphatic rings. The molecule has 6 nitrogen and oxygen atoms in total. The number of thiazole rings is 1. The van der Waals surface area contributed by atoms with Gasteiger partial charge in [0.1, 0.15) is 12.2 Å². The molecule has 0 unspecified atom stereocenters. The summed E-state index contributed by atoms with van der Waals surface area (Å²) < 4.78 is 11.4. The Balaban J connectivity index is 1.49. The van der Waals surface area contributed by atoms with Crippen molar-refractivity contribution in [1.29, 1.82) is 0 Å². The van der Waals surface area contributed by atoms with Crippen LogP contribution in [0.3, 0.4) is 0 Å². The second-order valence-electron chi connectivity index (χ2n) is 5.85. The van der Waals surface area contributed by atoms with E-state index in [-0.39, 0.29) is 6.61 Å². The number of benzene rings is 2. The van der Waals surface area contributed by atoms with Crippen molar-refractivity contribution in [3.05, 3.63) is 80.4 Å². The van der Waals surface area contributed by atoms with E-state index in [2.05, 4.69) is 26.2 Å². The van der Waals surface area contributed by atoms with E-state index in [0.717, 1.165) is 15.4 Å². The number of nitrogens with one attached hydrogen (secondary N) is 1. The number of ether oxygens (including phenoxy) is 1. The summed E-state index contributed by atoms with van der Waals surface area (Å²) in [6.45, 7) is 0.161. The van der Waals surface area contributed by atoms with Crippen LogP contribution in [0.15, 0.2) is 73.7 Å². The highest BCUT2D eigenvalue weighted by molar-refractivity contribution is 9.10. The number of carbonyl (C=O) groups is 1. The fourth-order valence-corrected chi connectivity index (χ4v) is 3.65. The van der Waals surface area contributed by atoms with Crippen molar-refractivity contribution >= 4 is 49.5 Å². The zero-order valence-corrected chi connectivity index (χ0v) is 16.7. The second kappa shape index (κ2) is 7.95.